The molecule has 0 unspecified atom stereocenters. The van der Waals surface area contributed by atoms with Gasteiger partial charge in [-0.1, -0.05) is 103 Å². The second kappa shape index (κ2) is 6.71. The standard InChI is InChI=1S/C26H17.Al/c1-3-11-19(12-4-1)25-21-15-7-9-17-23(21)26(20-13-5-2-6-14-20)24-18-10-8-16-22(24)25;/h1-9,11-18H;. The molecule has 0 aliphatic rings. The van der Waals surface area contributed by atoms with Gasteiger partial charge in [0.25, 0.3) is 0 Å². The number of hydrogen-bond acceptors (Lipinski definition) is 0. The Kier molecular flexibility index (Phi) is 4.06. The Labute approximate surface area is 167 Å². The van der Waals surface area contributed by atoms with Gasteiger partial charge in [0.1, 0.15) is 0 Å². The van der Waals surface area contributed by atoms with E-state index in [1.165, 1.54) is 48.2 Å². The van der Waals surface area contributed by atoms with Crippen molar-refractivity contribution in [2.75, 3.05) is 0 Å². The van der Waals surface area contributed by atoms with Crippen LogP contribution in [0.5, 0.6) is 0 Å². The number of hydrogen-bond donors (Lipinski definition) is 0. The molecule has 0 heterocycles. The highest BCUT2D eigenvalue weighted by atomic mass is 27.0. The molecule has 5 aromatic rings. The first-order valence-corrected chi connectivity index (χ1v) is 9.75. The van der Waals surface area contributed by atoms with Crippen LogP contribution in [-0.4, -0.2) is 16.3 Å². The van der Waals surface area contributed by atoms with Gasteiger partial charge in [-0.05, 0) is 43.8 Å². The van der Waals surface area contributed by atoms with E-state index < -0.39 is 0 Å². The molecule has 2 radical (unpaired) electrons. The van der Waals surface area contributed by atoms with Gasteiger partial charge in [-0.15, -0.1) is 4.43 Å². The molecule has 0 bridgehead atoms. The average Bonchev–Trinajstić information content (AvgIpc) is 2.73. The smallest absolute Gasteiger partial charge is 0.138 e. The number of rotatable bonds is 2. The summed E-state index contributed by atoms with van der Waals surface area (Å²) in [5.74, 6) is 0. The summed E-state index contributed by atoms with van der Waals surface area (Å²) < 4.78 is 1.20. The maximum absolute atomic E-state index is 2.84. The monoisotopic (exact) mass is 356 g/mol. The Morgan fingerprint density at radius 1 is 0.407 bits per heavy atom. The van der Waals surface area contributed by atoms with Gasteiger partial charge < -0.3 is 0 Å². The van der Waals surface area contributed by atoms with Crippen LogP contribution >= 0.6 is 0 Å². The van der Waals surface area contributed by atoms with Crippen LogP contribution in [0.15, 0.2) is 103 Å². The van der Waals surface area contributed by atoms with Crippen molar-refractivity contribution in [2.24, 2.45) is 0 Å². The average molecular weight is 356 g/mol. The van der Waals surface area contributed by atoms with Crippen molar-refractivity contribution < 1.29 is 0 Å². The highest BCUT2D eigenvalue weighted by Gasteiger charge is 2.15. The van der Waals surface area contributed by atoms with E-state index in [9.17, 15) is 0 Å². The van der Waals surface area contributed by atoms with Crippen molar-refractivity contribution in [2.45, 2.75) is 0 Å². The molecular formula is C26H17Al. The van der Waals surface area contributed by atoms with Crippen LogP contribution in [0.4, 0.5) is 0 Å². The molecule has 0 nitrogen and oxygen atoms in total. The van der Waals surface area contributed by atoms with Gasteiger partial charge in [0.2, 0.25) is 0 Å². The molecule has 0 fully saturated rings. The molecule has 0 saturated heterocycles. The lowest BCUT2D eigenvalue weighted by molar-refractivity contribution is 1.65. The first kappa shape index (κ1) is 16.3. The topological polar surface area (TPSA) is 0 Å². The third-order valence-electron chi connectivity index (χ3n) is 5.17. The van der Waals surface area contributed by atoms with Crippen LogP contribution in [0.25, 0.3) is 43.8 Å². The third-order valence-corrected chi connectivity index (χ3v) is 5.53. The molecule has 5 rings (SSSR count). The van der Waals surface area contributed by atoms with E-state index in [0.717, 1.165) is 0 Å². The van der Waals surface area contributed by atoms with Crippen molar-refractivity contribution in [1.82, 2.24) is 0 Å². The second-order valence-electron chi connectivity index (χ2n) is 6.83. The maximum atomic E-state index is 2.84. The van der Waals surface area contributed by atoms with Gasteiger partial charge in [-0.3, -0.25) is 0 Å². The minimum Gasteiger partial charge on any atom is -0.138 e. The summed E-state index contributed by atoms with van der Waals surface area (Å²) in [6.07, 6.45) is 0. The van der Waals surface area contributed by atoms with E-state index >= 15 is 0 Å². The summed E-state index contributed by atoms with van der Waals surface area (Å²) in [4.78, 5) is 0. The highest BCUT2D eigenvalue weighted by molar-refractivity contribution is 6.34. The molecule has 0 N–H and O–H groups in total. The molecule has 0 aliphatic heterocycles. The normalized spacial score (nSPS) is 11.1. The fourth-order valence-corrected chi connectivity index (χ4v) is 4.29. The summed E-state index contributed by atoms with van der Waals surface area (Å²) in [6, 6.07) is 37.0. The minimum absolute atomic E-state index is 1.20. The molecule has 5 aromatic carbocycles. The highest BCUT2D eigenvalue weighted by Crippen LogP contribution is 2.42. The SMILES string of the molecule is [Al][c]1ccc2c(-c3ccccc3)c3ccccc3c(-c3ccccc3)c2c1. The largest absolute Gasteiger partial charge is 0.175 e. The van der Waals surface area contributed by atoms with E-state index in [0.29, 0.717) is 0 Å². The molecule has 0 aliphatic carbocycles. The molecule has 0 spiro atoms. The van der Waals surface area contributed by atoms with Gasteiger partial charge >= 0.3 is 0 Å². The lowest BCUT2D eigenvalue weighted by Gasteiger charge is -2.18. The van der Waals surface area contributed by atoms with Crippen LogP contribution in [0.3, 0.4) is 0 Å². The lowest BCUT2D eigenvalue weighted by Crippen LogP contribution is -2.01. The Morgan fingerprint density at radius 3 is 1.41 bits per heavy atom. The fourth-order valence-electron chi connectivity index (χ4n) is 4.03. The zero-order valence-corrected chi connectivity index (χ0v) is 16.0. The summed E-state index contributed by atoms with van der Waals surface area (Å²) in [6.45, 7) is 0. The summed E-state index contributed by atoms with van der Waals surface area (Å²) in [7, 11) is 0. The zero-order valence-electron chi connectivity index (χ0n) is 14.9. The predicted molar refractivity (Wildman–Crippen MR) is 118 cm³/mol. The molecule has 0 saturated carbocycles. The maximum Gasteiger partial charge on any atom is 0.175 e. The Morgan fingerprint density at radius 2 is 0.852 bits per heavy atom. The van der Waals surface area contributed by atoms with Crippen LogP contribution in [-0.2, 0) is 0 Å². The van der Waals surface area contributed by atoms with E-state index in [4.69, 9.17) is 0 Å². The fraction of sp³-hybridized carbons (Fsp3) is 0. The Bertz CT molecular complexity index is 1260. The molecule has 27 heavy (non-hydrogen) atoms. The Balaban J connectivity index is 2.04. The lowest BCUT2D eigenvalue weighted by atomic mass is 9.86. The first-order valence-electron chi connectivity index (χ1n) is 9.18. The van der Waals surface area contributed by atoms with Crippen molar-refractivity contribution in [3.63, 3.8) is 0 Å². The molecule has 1 heteroatoms. The second-order valence-corrected chi connectivity index (χ2v) is 7.50. The zero-order chi connectivity index (χ0) is 18.2. The van der Waals surface area contributed by atoms with Crippen molar-refractivity contribution >= 4 is 42.3 Å². The van der Waals surface area contributed by atoms with Gasteiger partial charge in [0.15, 0.2) is 16.3 Å². The molecule has 0 atom stereocenters. The minimum atomic E-state index is 1.20. The van der Waals surface area contributed by atoms with Gasteiger partial charge in [-0.25, -0.2) is 0 Å². The van der Waals surface area contributed by atoms with E-state index in [1.54, 1.807) is 0 Å². The number of fused-ring (bicyclic) bond motifs is 2. The summed E-state index contributed by atoms with van der Waals surface area (Å²) >= 11 is 2.84. The number of benzene rings is 5. The van der Waals surface area contributed by atoms with E-state index in [1.807, 2.05) is 0 Å². The third kappa shape index (κ3) is 2.77. The van der Waals surface area contributed by atoms with E-state index in [2.05, 4.69) is 119 Å². The first-order chi connectivity index (χ1) is 13.3. The van der Waals surface area contributed by atoms with Gasteiger partial charge in [-0.2, -0.15) is 0 Å². The quantitative estimate of drug-likeness (QED) is 0.264. The van der Waals surface area contributed by atoms with Crippen LogP contribution < -0.4 is 4.43 Å². The van der Waals surface area contributed by atoms with Crippen LogP contribution in [0.2, 0.25) is 0 Å². The van der Waals surface area contributed by atoms with Crippen molar-refractivity contribution in [3.8, 4) is 22.3 Å². The predicted octanol–water partition coefficient (Wildman–Crippen LogP) is 6.12. The van der Waals surface area contributed by atoms with Crippen LogP contribution in [0.1, 0.15) is 0 Å². The molecular weight excluding hydrogens is 339 g/mol. The van der Waals surface area contributed by atoms with Crippen molar-refractivity contribution in [1.29, 1.82) is 0 Å². The summed E-state index contributed by atoms with van der Waals surface area (Å²) in [5, 5.41) is 5.19. The van der Waals surface area contributed by atoms with Crippen LogP contribution in [0, 0.1) is 0 Å². The Hall–Kier alpha value is -2.85. The molecule has 0 aromatic heterocycles. The van der Waals surface area contributed by atoms with Crippen molar-refractivity contribution in [3.05, 3.63) is 103 Å². The van der Waals surface area contributed by atoms with Gasteiger partial charge in [0.05, 0.1) is 0 Å². The van der Waals surface area contributed by atoms with Gasteiger partial charge in [0, 0.05) is 0 Å². The van der Waals surface area contributed by atoms with E-state index in [-0.39, 0.29) is 0 Å². The molecule has 124 valence electrons. The summed E-state index contributed by atoms with van der Waals surface area (Å²) in [5.41, 5.74) is 5.14. The molecule has 0 amide bonds.